The summed E-state index contributed by atoms with van der Waals surface area (Å²) < 4.78 is 11.2. The van der Waals surface area contributed by atoms with Crippen molar-refractivity contribution in [2.45, 2.75) is 69.6 Å². The molecule has 2 aliphatic rings. The van der Waals surface area contributed by atoms with E-state index >= 15 is 0 Å². The van der Waals surface area contributed by atoms with E-state index in [0.717, 1.165) is 4.90 Å². The molecule has 2 aromatic rings. The van der Waals surface area contributed by atoms with Gasteiger partial charge in [-0.3, -0.25) is 10.1 Å². The van der Waals surface area contributed by atoms with Gasteiger partial charge in [0, 0.05) is 22.4 Å². The zero-order chi connectivity index (χ0) is 26.6. The second kappa shape index (κ2) is 11.5. The molecule has 2 amide bonds. The number of aliphatic hydroxyl groups is 2. The van der Waals surface area contributed by atoms with Crippen LogP contribution in [-0.2, 0) is 16.1 Å². The van der Waals surface area contributed by atoms with Crippen molar-refractivity contribution < 1.29 is 29.0 Å². The molecule has 0 radical (unpaired) electrons. The van der Waals surface area contributed by atoms with Crippen molar-refractivity contribution in [2.75, 3.05) is 18.2 Å². The number of furan rings is 1. The third kappa shape index (κ3) is 5.84. The molecule has 1 aromatic heterocycles. The summed E-state index contributed by atoms with van der Waals surface area (Å²) in [5, 5.41) is 27.3. The van der Waals surface area contributed by atoms with Gasteiger partial charge in [0.15, 0.2) is 0 Å². The highest BCUT2D eigenvalue weighted by molar-refractivity contribution is 7.98. The normalized spacial score (nSPS) is 31.3. The molecule has 4 N–H and O–H groups in total. The molecule has 0 unspecified atom stereocenters. The van der Waals surface area contributed by atoms with E-state index in [1.807, 2.05) is 37.4 Å². The smallest absolute Gasteiger partial charge is 0.411 e. The van der Waals surface area contributed by atoms with Crippen molar-refractivity contribution in [3.05, 3.63) is 48.4 Å². The van der Waals surface area contributed by atoms with Gasteiger partial charge in [-0.25, -0.2) is 4.79 Å². The summed E-state index contributed by atoms with van der Waals surface area (Å²) >= 11 is 1.59. The SMILES string of the molecule is CSc1cccc(NC(=O)O[C@@H]2CC[C@]3(C)[C@@H](CC[C@@H](O)[C@H]3CC(=O)NCc3ccco3)[C@]2(C)CO)c1. The molecule has 9 heteroatoms. The highest BCUT2D eigenvalue weighted by Gasteiger charge is 2.60. The average Bonchev–Trinajstić information content (AvgIpc) is 3.41. The Hall–Kier alpha value is -2.49. The summed E-state index contributed by atoms with van der Waals surface area (Å²) in [5.74, 6) is 0.240. The molecule has 6 atom stereocenters. The van der Waals surface area contributed by atoms with E-state index < -0.39 is 23.7 Å². The van der Waals surface area contributed by atoms with Crippen molar-refractivity contribution in [3.63, 3.8) is 0 Å². The number of benzene rings is 1. The van der Waals surface area contributed by atoms with Crippen LogP contribution in [0.3, 0.4) is 0 Å². The molecule has 0 spiro atoms. The number of hydrogen-bond acceptors (Lipinski definition) is 7. The van der Waals surface area contributed by atoms with Gasteiger partial charge in [-0.05, 0) is 79.5 Å². The predicted molar refractivity (Wildman–Crippen MR) is 142 cm³/mol. The number of nitrogens with one attached hydrogen (secondary N) is 2. The van der Waals surface area contributed by atoms with Gasteiger partial charge in [0.1, 0.15) is 11.9 Å². The lowest BCUT2D eigenvalue weighted by Gasteiger charge is -2.60. The van der Waals surface area contributed by atoms with Gasteiger partial charge in [0.05, 0.1) is 25.5 Å². The molecule has 2 fully saturated rings. The number of anilines is 1. The molecule has 0 saturated heterocycles. The minimum atomic E-state index is -0.700. The van der Waals surface area contributed by atoms with Crippen LogP contribution in [0.5, 0.6) is 0 Å². The summed E-state index contributed by atoms with van der Waals surface area (Å²) in [7, 11) is 0. The lowest BCUT2D eigenvalue weighted by atomic mass is 9.46. The van der Waals surface area contributed by atoms with Crippen LogP contribution in [0.4, 0.5) is 10.5 Å². The molecule has 37 heavy (non-hydrogen) atoms. The van der Waals surface area contributed by atoms with Crippen molar-refractivity contribution in [3.8, 4) is 0 Å². The maximum absolute atomic E-state index is 12.8. The van der Waals surface area contributed by atoms with Gasteiger partial charge in [-0.15, -0.1) is 11.8 Å². The Balaban J connectivity index is 1.45. The van der Waals surface area contributed by atoms with E-state index in [-0.39, 0.29) is 36.2 Å². The highest BCUT2D eigenvalue weighted by Crippen LogP contribution is 2.61. The Labute approximate surface area is 222 Å². The summed E-state index contributed by atoms with van der Waals surface area (Å²) in [4.78, 5) is 26.7. The quantitative estimate of drug-likeness (QED) is 0.361. The van der Waals surface area contributed by atoms with Gasteiger partial charge in [-0.1, -0.05) is 19.9 Å². The minimum Gasteiger partial charge on any atom is -0.467 e. The highest BCUT2D eigenvalue weighted by atomic mass is 32.2. The van der Waals surface area contributed by atoms with E-state index in [1.165, 1.54) is 0 Å². The van der Waals surface area contributed by atoms with Crippen molar-refractivity contribution in [1.82, 2.24) is 5.32 Å². The van der Waals surface area contributed by atoms with Gasteiger partial charge < -0.3 is 24.7 Å². The summed E-state index contributed by atoms with van der Waals surface area (Å²) in [6.45, 7) is 4.23. The van der Waals surface area contributed by atoms with Gasteiger partial charge >= 0.3 is 6.09 Å². The van der Waals surface area contributed by atoms with Crippen LogP contribution in [0.25, 0.3) is 0 Å². The standard InChI is InChI=1S/C28H38N2O6S/c1-27-12-11-24(36-26(34)30-18-6-4-8-20(14-18)37-3)28(2,17-31)23(27)10-9-22(32)21(27)15-25(33)29-16-19-7-5-13-35-19/h4-8,13-14,21-24,31-32H,9-12,15-17H2,1-3H3,(H,29,33)(H,30,34)/t21-,22-,23-,24-,27+,28+/m1/s1. The van der Waals surface area contributed by atoms with Crippen molar-refractivity contribution in [2.24, 2.45) is 22.7 Å². The van der Waals surface area contributed by atoms with Crippen molar-refractivity contribution in [1.29, 1.82) is 0 Å². The Morgan fingerprint density at radius 3 is 2.70 bits per heavy atom. The van der Waals surface area contributed by atoms with Crippen molar-refractivity contribution >= 4 is 29.4 Å². The molecule has 1 aromatic carbocycles. The maximum Gasteiger partial charge on any atom is 0.411 e. The van der Waals surface area contributed by atoms with E-state index in [2.05, 4.69) is 17.6 Å². The number of rotatable bonds is 8. The molecular formula is C28H38N2O6S. The molecule has 1 heterocycles. The Bertz CT molecular complexity index is 1080. The van der Waals surface area contributed by atoms with Crippen LogP contribution in [0.2, 0.25) is 0 Å². The Morgan fingerprint density at radius 1 is 1.19 bits per heavy atom. The third-order valence-electron chi connectivity index (χ3n) is 8.69. The van der Waals surface area contributed by atoms with Gasteiger partial charge in [0.25, 0.3) is 0 Å². The number of fused-ring (bicyclic) bond motifs is 1. The topological polar surface area (TPSA) is 121 Å². The number of amides is 2. The molecule has 2 aliphatic carbocycles. The van der Waals surface area contributed by atoms with Crippen LogP contribution < -0.4 is 10.6 Å². The molecule has 8 nitrogen and oxygen atoms in total. The summed E-state index contributed by atoms with van der Waals surface area (Å²) in [6, 6.07) is 11.1. The van der Waals surface area contributed by atoms with E-state index in [0.29, 0.717) is 43.7 Å². The fraction of sp³-hybridized carbons (Fsp3) is 0.571. The fourth-order valence-electron chi connectivity index (χ4n) is 6.63. The minimum absolute atomic E-state index is 0.0253. The predicted octanol–water partition coefficient (Wildman–Crippen LogP) is 4.81. The number of carbonyl (C=O) groups is 2. The average molecular weight is 531 g/mol. The maximum atomic E-state index is 12.8. The van der Waals surface area contributed by atoms with Crippen LogP contribution in [0, 0.1) is 22.7 Å². The van der Waals surface area contributed by atoms with Crippen LogP contribution in [0.1, 0.15) is 51.7 Å². The molecule has 202 valence electrons. The monoisotopic (exact) mass is 530 g/mol. The van der Waals surface area contributed by atoms with Gasteiger partial charge in [0.2, 0.25) is 5.91 Å². The molecule has 4 rings (SSSR count). The first-order chi connectivity index (χ1) is 17.7. The van der Waals surface area contributed by atoms with E-state index in [9.17, 15) is 19.8 Å². The van der Waals surface area contributed by atoms with Gasteiger partial charge in [-0.2, -0.15) is 0 Å². The largest absolute Gasteiger partial charge is 0.467 e. The number of thioether (sulfide) groups is 1. The molecular weight excluding hydrogens is 492 g/mol. The summed E-state index contributed by atoms with van der Waals surface area (Å²) in [6.07, 6.45) is 4.54. The van der Waals surface area contributed by atoms with Crippen LogP contribution in [0.15, 0.2) is 52.0 Å². The van der Waals surface area contributed by atoms with E-state index in [1.54, 1.807) is 30.2 Å². The first kappa shape index (κ1) is 27.5. The Morgan fingerprint density at radius 2 is 2.00 bits per heavy atom. The second-order valence-corrected chi connectivity index (χ2v) is 11.7. The molecule has 0 aliphatic heterocycles. The first-order valence-electron chi connectivity index (χ1n) is 12.9. The van der Waals surface area contributed by atoms with E-state index in [4.69, 9.17) is 9.15 Å². The number of carbonyl (C=O) groups excluding carboxylic acids is 2. The summed E-state index contributed by atoms with van der Waals surface area (Å²) in [5.41, 5.74) is -0.432. The second-order valence-electron chi connectivity index (χ2n) is 10.8. The number of ether oxygens (including phenoxy) is 1. The number of aliphatic hydroxyl groups excluding tert-OH is 2. The zero-order valence-electron chi connectivity index (χ0n) is 21.7. The first-order valence-corrected chi connectivity index (χ1v) is 14.1. The van der Waals surface area contributed by atoms with Crippen LogP contribution >= 0.6 is 11.8 Å². The third-order valence-corrected chi connectivity index (χ3v) is 9.41. The lowest BCUT2D eigenvalue weighted by molar-refractivity contribution is -0.185. The molecule has 2 saturated carbocycles. The zero-order valence-corrected chi connectivity index (χ0v) is 22.6. The number of hydrogen-bond donors (Lipinski definition) is 4. The Kier molecular flexibility index (Phi) is 8.56. The fourth-order valence-corrected chi connectivity index (χ4v) is 7.09. The van der Waals surface area contributed by atoms with Crippen LogP contribution in [-0.4, -0.2) is 47.3 Å². The molecule has 0 bridgehead atoms. The lowest BCUT2D eigenvalue weighted by Crippen LogP contribution is -2.61.